The third-order valence-corrected chi connectivity index (χ3v) is 7.70. The van der Waals surface area contributed by atoms with E-state index in [9.17, 15) is 15.3 Å². The smallest absolute Gasteiger partial charge is 0.266 e. The molecule has 1 heterocycles. The molecule has 6 nitrogen and oxygen atoms in total. The number of hydrogen-bond acceptors (Lipinski definition) is 6. The van der Waals surface area contributed by atoms with Crippen molar-refractivity contribution >= 4 is 44.3 Å². The summed E-state index contributed by atoms with van der Waals surface area (Å²) >= 11 is 4.96. The highest BCUT2D eigenvalue weighted by Crippen LogP contribution is 2.39. The Hall–Kier alpha value is -3.59. The molecule has 3 aromatic rings. The molecular weight excluding hydrogens is 538 g/mol. The van der Waals surface area contributed by atoms with Gasteiger partial charge in [0.05, 0.1) is 17.1 Å². The van der Waals surface area contributed by atoms with Crippen molar-refractivity contribution in [2.24, 2.45) is 0 Å². The fraction of sp³-hybridized carbons (Fsp3) is 0.250. The van der Waals surface area contributed by atoms with Crippen molar-refractivity contribution in [1.82, 2.24) is 0 Å². The van der Waals surface area contributed by atoms with Crippen molar-refractivity contribution in [2.75, 3.05) is 12.4 Å². The number of amides is 1. The Morgan fingerprint density at radius 1 is 1.22 bits per heavy atom. The van der Waals surface area contributed by atoms with Crippen LogP contribution < -0.4 is 14.8 Å². The highest BCUT2D eigenvalue weighted by atomic mass is 79.9. The SMILES string of the molecule is COc1cc(/C=C(\C#N)C(=O)Nc2sc3c(c2C#N)CCCC3)cc(Br)c1OCc1cccc(C)c1. The lowest BCUT2D eigenvalue weighted by molar-refractivity contribution is -0.112. The first-order chi connectivity index (χ1) is 17.4. The van der Waals surface area contributed by atoms with Crippen molar-refractivity contribution in [2.45, 2.75) is 39.2 Å². The van der Waals surface area contributed by atoms with Gasteiger partial charge in [-0.3, -0.25) is 4.79 Å². The second-order valence-corrected chi connectivity index (χ2v) is 10.4. The molecule has 4 rings (SSSR count). The van der Waals surface area contributed by atoms with E-state index in [1.54, 1.807) is 12.1 Å². The molecule has 0 spiro atoms. The number of fused-ring (bicyclic) bond motifs is 1. The summed E-state index contributed by atoms with van der Waals surface area (Å²) in [5.74, 6) is 0.447. The van der Waals surface area contributed by atoms with Crippen molar-refractivity contribution in [1.29, 1.82) is 10.5 Å². The van der Waals surface area contributed by atoms with E-state index in [0.29, 0.717) is 38.7 Å². The van der Waals surface area contributed by atoms with Crippen LogP contribution in [0.25, 0.3) is 6.08 Å². The molecule has 0 fully saturated rings. The molecule has 0 aliphatic heterocycles. The zero-order valence-electron chi connectivity index (χ0n) is 20.0. The Labute approximate surface area is 222 Å². The summed E-state index contributed by atoms with van der Waals surface area (Å²) in [6.45, 7) is 2.39. The lowest BCUT2D eigenvalue weighted by Gasteiger charge is -2.14. The lowest BCUT2D eigenvalue weighted by atomic mass is 9.96. The minimum atomic E-state index is -0.553. The zero-order valence-corrected chi connectivity index (χ0v) is 22.4. The van der Waals surface area contributed by atoms with Gasteiger partial charge >= 0.3 is 0 Å². The van der Waals surface area contributed by atoms with E-state index in [2.05, 4.69) is 33.4 Å². The molecule has 0 radical (unpaired) electrons. The average Bonchev–Trinajstić information content (AvgIpc) is 3.23. The molecule has 182 valence electrons. The minimum absolute atomic E-state index is 0.0763. The summed E-state index contributed by atoms with van der Waals surface area (Å²) in [5.41, 5.74) is 4.24. The number of hydrogen-bond donors (Lipinski definition) is 1. The number of carbonyl (C=O) groups is 1. The first-order valence-corrected chi connectivity index (χ1v) is 13.1. The number of nitrogens with zero attached hydrogens (tertiary/aromatic N) is 2. The number of methoxy groups -OCH3 is 1. The maximum Gasteiger partial charge on any atom is 0.266 e. The van der Waals surface area contributed by atoms with Crippen LogP contribution in [0.3, 0.4) is 0 Å². The fourth-order valence-corrected chi connectivity index (χ4v) is 5.99. The molecule has 0 atom stereocenters. The quantitative estimate of drug-likeness (QED) is 0.255. The van der Waals surface area contributed by atoms with E-state index in [-0.39, 0.29) is 5.57 Å². The summed E-state index contributed by atoms with van der Waals surface area (Å²) in [6, 6.07) is 15.7. The molecular formula is C28H24BrN3O3S. The Morgan fingerprint density at radius 3 is 2.75 bits per heavy atom. The number of nitrogens with one attached hydrogen (secondary N) is 1. The second kappa shape index (κ2) is 11.4. The van der Waals surface area contributed by atoms with Crippen LogP contribution >= 0.6 is 27.3 Å². The Balaban J connectivity index is 1.56. The number of halogens is 1. The van der Waals surface area contributed by atoms with Gasteiger partial charge in [0.15, 0.2) is 11.5 Å². The Morgan fingerprint density at radius 2 is 2.03 bits per heavy atom. The van der Waals surface area contributed by atoms with E-state index in [1.807, 2.05) is 31.2 Å². The summed E-state index contributed by atoms with van der Waals surface area (Å²) in [7, 11) is 1.54. The summed E-state index contributed by atoms with van der Waals surface area (Å²) < 4.78 is 12.2. The molecule has 8 heteroatoms. The highest BCUT2D eigenvalue weighted by Gasteiger charge is 2.23. The summed E-state index contributed by atoms with van der Waals surface area (Å²) in [6.07, 6.45) is 5.37. The van der Waals surface area contributed by atoms with Crippen LogP contribution in [0, 0.1) is 29.6 Å². The predicted molar refractivity (Wildman–Crippen MR) is 144 cm³/mol. The van der Waals surface area contributed by atoms with Crippen molar-refractivity contribution in [3.05, 3.63) is 79.1 Å². The van der Waals surface area contributed by atoms with Gasteiger partial charge in [-0.1, -0.05) is 29.8 Å². The van der Waals surface area contributed by atoms with Crippen molar-refractivity contribution in [3.63, 3.8) is 0 Å². The maximum atomic E-state index is 12.9. The number of aryl methyl sites for hydroxylation is 2. The molecule has 36 heavy (non-hydrogen) atoms. The van der Waals surface area contributed by atoms with E-state index < -0.39 is 5.91 Å². The first kappa shape index (κ1) is 25.5. The van der Waals surface area contributed by atoms with Gasteiger partial charge in [0.1, 0.15) is 29.3 Å². The lowest BCUT2D eigenvalue weighted by Crippen LogP contribution is -2.13. The minimum Gasteiger partial charge on any atom is -0.493 e. The largest absolute Gasteiger partial charge is 0.493 e. The zero-order chi connectivity index (χ0) is 25.7. The number of rotatable bonds is 7. The van der Waals surface area contributed by atoms with Crippen LogP contribution in [0.5, 0.6) is 11.5 Å². The predicted octanol–water partition coefficient (Wildman–Crippen LogP) is 6.70. The number of benzene rings is 2. The van der Waals surface area contributed by atoms with Gasteiger partial charge in [-0.25, -0.2) is 0 Å². The highest BCUT2D eigenvalue weighted by molar-refractivity contribution is 9.10. The number of carbonyl (C=O) groups excluding carboxylic acids is 1. The summed E-state index contributed by atoms with van der Waals surface area (Å²) in [5, 5.41) is 22.6. The molecule has 2 aromatic carbocycles. The molecule has 1 N–H and O–H groups in total. The van der Waals surface area contributed by atoms with Gasteiger partial charge in [0.2, 0.25) is 0 Å². The average molecular weight is 562 g/mol. The molecule has 0 unspecified atom stereocenters. The first-order valence-electron chi connectivity index (χ1n) is 11.5. The standard InChI is InChI=1S/C28H24BrN3O3S/c1-17-6-5-7-18(10-17)16-35-26-23(29)12-19(13-24(26)34-2)11-20(14-30)27(33)32-28-22(15-31)21-8-3-4-9-25(21)36-28/h5-7,10-13H,3-4,8-9,16H2,1-2H3,(H,32,33)/b20-11+. The molecule has 1 aromatic heterocycles. The molecule has 1 aliphatic rings. The molecule has 1 aliphatic carbocycles. The van der Waals surface area contributed by atoms with Crippen molar-refractivity contribution < 1.29 is 14.3 Å². The second-order valence-electron chi connectivity index (χ2n) is 8.46. The van der Waals surface area contributed by atoms with Crippen LogP contribution in [-0.4, -0.2) is 13.0 Å². The van der Waals surface area contributed by atoms with Crippen LogP contribution in [0.15, 0.2) is 46.4 Å². The van der Waals surface area contributed by atoms with Crippen LogP contribution in [0.2, 0.25) is 0 Å². The Bertz CT molecular complexity index is 1430. The van der Waals surface area contributed by atoms with Gasteiger partial charge in [-0.2, -0.15) is 10.5 Å². The van der Waals surface area contributed by atoms with Crippen LogP contribution in [0.1, 0.15) is 45.5 Å². The normalized spacial score (nSPS) is 12.8. The molecule has 1 amide bonds. The van der Waals surface area contributed by atoms with Crippen LogP contribution in [-0.2, 0) is 24.2 Å². The molecule has 0 saturated carbocycles. The number of anilines is 1. The maximum absolute atomic E-state index is 12.9. The van der Waals surface area contributed by atoms with Crippen LogP contribution in [0.4, 0.5) is 5.00 Å². The number of nitriles is 2. The van der Waals surface area contributed by atoms with Gasteiger partial charge in [0, 0.05) is 4.88 Å². The van der Waals surface area contributed by atoms with Gasteiger partial charge < -0.3 is 14.8 Å². The fourth-order valence-electron chi connectivity index (χ4n) is 4.18. The topological polar surface area (TPSA) is 95.1 Å². The van der Waals surface area contributed by atoms with Gasteiger partial charge in [-0.05, 0) is 83.4 Å². The van der Waals surface area contributed by atoms with E-state index >= 15 is 0 Å². The van der Waals surface area contributed by atoms with Gasteiger partial charge in [0.25, 0.3) is 5.91 Å². The van der Waals surface area contributed by atoms with Crippen molar-refractivity contribution in [3.8, 4) is 23.6 Å². The number of thiophene rings is 1. The number of ether oxygens (including phenoxy) is 2. The third kappa shape index (κ3) is 5.62. The molecule has 0 bridgehead atoms. The molecule has 0 saturated heterocycles. The summed E-state index contributed by atoms with van der Waals surface area (Å²) in [4.78, 5) is 14.1. The third-order valence-electron chi connectivity index (χ3n) is 5.90. The van der Waals surface area contributed by atoms with E-state index in [0.717, 1.165) is 47.3 Å². The Kier molecular flexibility index (Phi) is 8.10. The van der Waals surface area contributed by atoms with E-state index in [1.165, 1.54) is 24.5 Å². The van der Waals surface area contributed by atoms with E-state index in [4.69, 9.17) is 9.47 Å². The monoisotopic (exact) mass is 561 g/mol. The van der Waals surface area contributed by atoms with Gasteiger partial charge in [-0.15, -0.1) is 11.3 Å².